The number of nitrogens with zero attached hydrogens (tertiary/aromatic N) is 1. The summed E-state index contributed by atoms with van der Waals surface area (Å²) >= 11 is 1.58. The lowest BCUT2D eigenvalue weighted by Crippen LogP contribution is -2.27. The first-order valence-electron chi connectivity index (χ1n) is 8.45. The van der Waals surface area contributed by atoms with Gasteiger partial charge in [0.15, 0.2) is 11.5 Å². The van der Waals surface area contributed by atoms with Crippen LogP contribution in [-0.4, -0.2) is 45.0 Å². The maximum Gasteiger partial charge on any atom is 0.234 e. The second-order valence-corrected chi connectivity index (χ2v) is 7.05. The van der Waals surface area contributed by atoms with E-state index < -0.39 is 0 Å². The topological polar surface area (TPSA) is 57.2 Å². The standard InChI is InChI=1S/C20H23NO5S/c1-23-14-7-5-13(6-8-14)11-21-19(22)12-27-20(21)15-9-17(25-3)18(26-4)10-16(15)24-2/h5-10,20H,11-12H2,1-4H3. The second-order valence-electron chi connectivity index (χ2n) is 5.98. The predicted octanol–water partition coefficient (Wildman–Crippen LogP) is 3.50. The van der Waals surface area contributed by atoms with Crippen LogP contribution in [0, 0.1) is 0 Å². The van der Waals surface area contributed by atoms with Gasteiger partial charge in [-0.1, -0.05) is 12.1 Å². The van der Waals surface area contributed by atoms with Gasteiger partial charge in [0.1, 0.15) is 16.9 Å². The van der Waals surface area contributed by atoms with Crippen molar-refractivity contribution in [1.82, 2.24) is 4.90 Å². The maximum absolute atomic E-state index is 12.5. The van der Waals surface area contributed by atoms with Crippen molar-refractivity contribution < 1.29 is 23.7 Å². The number of ether oxygens (including phenoxy) is 4. The average molecular weight is 389 g/mol. The fraction of sp³-hybridized carbons (Fsp3) is 0.350. The molecule has 3 rings (SSSR count). The third-order valence-corrected chi connectivity index (χ3v) is 5.72. The van der Waals surface area contributed by atoms with Crippen LogP contribution in [0.15, 0.2) is 36.4 Å². The highest BCUT2D eigenvalue weighted by molar-refractivity contribution is 8.00. The fourth-order valence-corrected chi connectivity index (χ4v) is 4.26. The predicted molar refractivity (Wildman–Crippen MR) is 105 cm³/mol. The molecular formula is C20H23NO5S. The lowest BCUT2D eigenvalue weighted by atomic mass is 10.1. The number of benzene rings is 2. The normalized spacial score (nSPS) is 16.4. The average Bonchev–Trinajstić information content (AvgIpc) is 3.07. The van der Waals surface area contributed by atoms with Gasteiger partial charge in [-0.25, -0.2) is 0 Å². The van der Waals surface area contributed by atoms with Crippen molar-refractivity contribution >= 4 is 17.7 Å². The second kappa shape index (κ2) is 8.43. The minimum atomic E-state index is -0.158. The lowest BCUT2D eigenvalue weighted by Gasteiger charge is -2.26. The van der Waals surface area contributed by atoms with Crippen LogP contribution in [0.25, 0.3) is 0 Å². The van der Waals surface area contributed by atoms with E-state index in [-0.39, 0.29) is 11.3 Å². The van der Waals surface area contributed by atoms with E-state index in [0.717, 1.165) is 16.9 Å². The van der Waals surface area contributed by atoms with E-state index >= 15 is 0 Å². The van der Waals surface area contributed by atoms with Crippen molar-refractivity contribution in [2.45, 2.75) is 11.9 Å². The smallest absolute Gasteiger partial charge is 0.234 e. The third kappa shape index (κ3) is 3.93. The van der Waals surface area contributed by atoms with Gasteiger partial charge in [0.05, 0.1) is 34.2 Å². The molecule has 0 aromatic heterocycles. The number of methoxy groups -OCH3 is 4. The SMILES string of the molecule is COc1ccc(CN2C(=O)CSC2c2cc(OC)c(OC)cc2OC)cc1. The number of hydrogen-bond acceptors (Lipinski definition) is 6. The summed E-state index contributed by atoms with van der Waals surface area (Å²) in [7, 11) is 6.42. The van der Waals surface area contributed by atoms with Gasteiger partial charge in [-0.2, -0.15) is 0 Å². The summed E-state index contributed by atoms with van der Waals surface area (Å²) in [6.07, 6.45) is 0. The molecule has 1 atom stereocenters. The summed E-state index contributed by atoms with van der Waals surface area (Å²) in [6, 6.07) is 11.4. The molecule has 144 valence electrons. The number of carbonyl (C=O) groups is 1. The Bertz CT molecular complexity index is 809. The molecular weight excluding hydrogens is 366 g/mol. The third-order valence-electron chi connectivity index (χ3n) is 4.48. The van der Waals surface area contributed by atoms with Gasteiger partial charge in [-0.15, -0.1) is 11.8 Å². The van der Waals surface area contributed by atoms with Crippen LogP contribution in [0.1, 0.15) is 16.5 Å². The highest BCUT2D eigenvalue weighted by Gasteiger charge is 2.35. The molecule has 0 radical (unpaired) electrons. The summed E-state index contributed by atoms with van der Waals surface area (Å²) in [4.78, 5) is 14.4. The van der Waals surface area contributed by atoms with Crippen LogP contribution < -0.4 is 18.9 Å². The molecule has 0 aliphatic carbocycles. The van der Waals surface area contributed by atoms with Gasteiger partial charge in [-0.05, 0) is 23.8 Å². The van der Waals surface area contributed by atoms with Gasteiger partial charge in [-0.3, -0.25) is 4.79 Å². The zero-order chi connectivity index (χ0) is 19.4. The van der Waals surface area contributed by atoms with Crippen LogP contribution in [0.3, 0.4) is 0 Å². The molecule has 2 aromatic rings. The quantitative estimate of drug-likeness (QED) is 0.723. The molecule has 1 aliphatic heterocycles. The van der Waals surface area contributed by atoms with E-state index in [2.05, 4.69) is 0 Å². The molecule has 1 unspecified atom stereocenters. The summed E-state index contributed by atoms with van der Waals surface area (Å²) in [5.74, 6) is 3.18. The van der Waals surface area contributed by atoms with E-state index in [1.807, 2.05) is 35.2 Å². The number of hydrogen-bond donors (Lipinski definition) is 0. The Hall–Kier alpha value is -2.54. The Labute approximate surface area is 163 Å². The summed E-state index contributed by atoms with van der Waals surface area (Å²) in [5, 5.41) is -0.158. The van der Waals surface area contributed by atoms with Crippen molar-refractivity contribution in [3.8, 4) is 23.0 Å². The van der Waals surface area contributed by atoms with E-state index in [4.69, 9.17) is 18.9 Å². The van der Waals surface area contributed by atoms with Crippen LogP contribution >= 0.6 is 11.8 Å². The minimum Gasteiger partial charge on any atom is -0.497 e. The van der Waals surface area contributed by atoms with Gasteiger partial charge >= 0.3 is 0 Å². The highest BCUT2D eigenvalue weighted by atomic mass is 32.2. The molecule has 0 saturated carbocycles. The molecule has 6 nitrogen and oxygen atoms in total. The van der Waals surface area contributed by atoms with E-state index in [1.165, 1.54) is 0 Å². The molecule has 0 N–H and O–H groups in total. The summed E-state index contributed by atoms with van der Waals surface area (Å²) in [5.41, 5.74) is 1.93. The largest absolute Gasteiger partial charge is 0.497 e. The number of carbonyl (C=O) groups excluding carboxylic acids is 1. The summed E-state index contributed by atoms with van der Waals surface area (Å²) < 4.78 is 21.6. The van der Waals surface area contributed by atoms with Crippen LogP contribution in [0.4, 0.5) is 0 Å². The molecule has 27 heavy (non-hydrogen) atoms. The Kier molecular flexibility index (Phi) is 6.01. The molecule has 1 heterocycles. The van der Waals surface area contributed by atoms with E-state index in [9.17, 15) is 4.79 Å². The van der Waals surface area contributed by atoms with Crippen LogP contribution in [0.5, 0.6) is 23.0 Å². The molecule has 2 aromatic carbocycles. The number of amides is 1. The zero-order valence-electron chi connectivity index (χ0n) is 15.9. The number of rotatable bonds is 7. The zero-order valence-corrected chi connectivity index (χ0v) is 16.7. The van der Waals surface area contributed by atoms with Gasteiger partial charge in [0, 0.05) is 18.2 Å². The molecule has 1 saturated heterocycles. The van der Waals surface area contributed by atoms with Crippen molar-refractivity contribution in [3.05, 3.63) is 47.5 Å². The van der Waals surface area contributed by atoms with Crippen LogP contribution in [-0.2, 0) is 11.3 Å². The Morgan fingerprint density at radius 1 is 0.926 bits per heavy atom. The first kappa shape index (κ1) is 19.2. The minimum absolute atomic E-state index is 0.0951. The van der Waals surface area contributed by atoms with E-state index in [0.29, 0.717) is 29.5 Å². The highest BCUT2D eigenvalue weighted by Crippen LogP contribution is 2.46. The Balaban J connectivity index is 1.93. The van der Waals surface area contributed by atoms with Crippen molar-refractivity contribution in [1.29, 1.82) is 0 Å². The number of thioether (sulfide) groups is 1. The maximum atomic E-state index is 12.5. The fourth-order valence-electron chi connectivity index (χ4n) is 3.06. The molecule has 0 bridgehead atoms. The van der Waals surface area contributed by atoms with Crippen molar-refractivity contribution in [3.63, 3.8) is 0 Å². The molecule has 1 aliphatic rings. The van der Waals surface area contributed by atoms with Crippen molar-refractivity contribution in [2.24, 2.45) is 0 Å². The molecule has 1 amide bonds. The Morgan fingerprint density at radius 3 is 2.15 bits per heavy atom. The Morgan fingerprint density at radius 2 is 1.56 bits per heavy atom. The first-order valence-corrected chi connectivity index (χ1v) is 9.50. The lowest BCUT2D eigenvalue weighted by molar-refractivity contribution is -0.128. The van der Waals surface area contributed by atoms with Crippen LogP contribution in [0.2, 0.25) is 0 Å². The molecule has 7 heteroatoms. The van der Waals surface area contributed by atoms with E-state index in [1.54, 1.807) is 46.3 Å². The van der Waals surface area contributed by atoms with Gasteiger partial charge in [0.2, 0.25) is 5.91 Å². The monoisotopic (exact) mass is 389 g/mol. The van der Waals surface area contributed by atoms with Gasteiger partial charge < -0.3 is 23.8 Å². The first-order chi connectivity index (χ1) is 13.1. The van der Waals surface area contributed by atoms with Gasteiger partial charge in [0.25, 0.3) is 0 Å². The summed E-state index contributed by atoms with van der Waals surface area (Å²) in [6.45, 7) is 0.512. The molecule has 0 spiro atoms. The molecule has 1 fully saturated rings. The van der Waals surface area contributed by atoms with Crippen molar-refractivity contribution in [2.75, 3.05) is 34.2 Å².